The molecular formula is C22H35NO. The molecule has 1 aromatic carbocycles. The standard InChI is InChI=1S/C22H35NO/c1-4-6-11-18-14-19(12-7-5-2)22(24)20(15-18)16-23-21-13-9-8-10-17(21)3/h14-17,21,24H,4-13H2,1-3H3/b23-16+. The van der Waals surface area contributed by atoms with Gasteiger partial charge in [-0.15, -0.1) is 0 Å². The highest BCUT2D eigenvalue weighted by Crippen LogP contribution is 2.29. The lowest BCUT2D eigenvalue weighted by molar-refractivity contribution is 0.333. The van der Waals surface area contributed by atoms with Crippen LogP contribution in [0.4, 0.5) is 0 Å². The number of phenolic OH excluding ortho intramolecular Hbond substituents is 1. The maximum atomic E-state index is 10.7. The molecular weight excluding hydrogens is 294 g/mol. The Morgan fingerprint density at radius 2 is 1.79 bits per heavy atom. The highest BCUT2D eigenvalue weighted by Gasteiger charge is 2.20. The minimum Gasteiger partial charge on any atom is -0.507 e. The van der Waals surface area contributed by atoms with E-state index in [1.165, 1.54) is 44.1 Å². The summed E-state index contributed by atoms with van der Waals surface area (Å²) in [5.74, 6) is 1.12. The molecule has 134 valence electrons. The van der Waals surface area contributed by atoms with Crippen LogP contribution in [-0.4, -0.2) is 17.4 Å². The normalized spacial score (nSPS) is 21.5. The predicted molar refractivity (Wildman–Crippen MR) is 104 cm³/mol. The molecule has 0 amide bonds. The number of aliphatic imine (C=N–C) groups is 1. The zero-order chi connectivity index (χ0) is 17.4. The Labute approximate surface area is 148 Å². The van der Waals surface area contributed by atoms with Gasteiger partial charge in [-0.25, -0.2) is 0 Å². The average molecular weight is 330 g/mol. The van der Waals surface area contributed by atoms with Crippen LogP contribution in [0.5, 0.6) is 5.75 Å². The molecule has 2 heteroatoms. The molecule has 0 radical (unpaired) electrons. The Balaban J connectivity index is 2.21. The van der Waals surface area contributed by atoms with Crippen LogP contribution in [0.25, 0.3) is 0 Å². The molecule has 0 spiro atoms. The molecule has 2 unspecified atom stereocenters. The highest BCUT2D eigenvalue weighted by atomic mass is 16.3. The molecule has 0 bridgehead atoms. The van der Waals surface area contributed by atoms with E-state index in [1.54, 1.807) is 0 Å². The van der Waals surface area contributed by atoms with Crippen molar-refractivity contribution >= 4 is 6.21 Å². The van der Waals surface area contributed by atoms with Crippen LogP contribution >= 0.6 is 0 Å². The van der Waals surface area contributed by atoms with Gasteiger partial charge in [0.25, 0.3) is 0 Å². The van der Waals surface area contributed by atoms with Gasteiger partial charge < -0.3 is 5.11 Å². The number of benzene rings is 1. The van der Waals surface area contributed by atoms with Gasteiger partial charge in [0.05, 0.1) is 6.04 Å². The fraction of sp³-hybridized carbons (Fsp3) is 0.682. The van der Waals surface area contributed by atoms with E-state index in [9.17, 15) is 5.11 Å². The van der Waals surface area contributed by atoms with Crippen LogP contribution in [-0.2, 0) is 12.8 Å². The highest BCUT2D eigenvalue weighted by molar-refractivity contribution is 5.84. The maximum absolute atomic E-state index is 10.7. The van der Waals surface area contributed by atoms with Gasteiger partial charge in [-0.3, -0.25) is 4.99 Å². The Hall–Kier alpha value is -1.31. The van der Waals surface area contributed by atoms with Gasteiger partial charge >= 0.3 is 0 Å². The largest absolute Gasteiger partial charge is 0.507 e. The summed E-state index contributed by atoms with van der Waals surface area (Å²) in [6.07, 6.45) is 13.8. The van der Waals surface area contributed by atoms with Crippen molar-refractivity contribution in [3.8, 4) is 5.75 Å². The third-order valence-electron chi connectivity index (χ3n) is 5.37. The van der Waals surface area contributed by atoms with Crippen LogP contribution in [0.3, 0.4) is 0 Å². The Kier molecular flexibility index (Phi) is 7.81. The van der Waals surface area contributed by atoms with E-state index in [4.69, 9.17) is 4.99 Å². The van der Waals surface area contributed by atoms with E-state index in [2.05, 4.69) is 32.9 Å². The summed E-state index contributed by atoms with van der Waals surface area (Å²) in [5, 5.41) is 10.7. The van der Waals surface area contributed by atoms with Crippen molar-refractivity contribution in [3.63, 3.8) is 0 Å². The lowest BCUT2D eigenvalue weighted by atomic mass is 9.86. The number of phenols is 1. The van der Waals surface area contributed by atoms with Crippen molar-refractivity contribution in [1.29, 1.82) is 0 Å². The lowest BCUT2D eigenvalue weighted by Crippen LogP contribution is -2.20. The van der Waals surface area contributed by atoms with Crippen LogP contribution < -0.4 is 0 Å². The number of aromatic hydroxyl groups is 1. The number of aryl methyl sites for hydroxylation is 2. The average Bonchev–Trinajstić information content (AvgIpc) is 2.59. The molecule has 1 aromatic rings. The molecule has 1 saturated carbocycles. The predicted octanol–water partition coefficient (Wildman–Crippen LogP) is 6.08. The summed E-state index contributed by atoms with van der Waals surface area (Å²) < 4.78 is 0. The molecule has 1 N–H and O–H groups in total. The minimum atomic E-state index is 0.427. The first kappa shape index (κ1) is 19.0. The van der Waals surface area contributed by atoms with Gasteiger partial charge in [0, 0.05) is 11.8 Å². The third-order valence-corrected chi connectivity index (χ3v) is 5.37. The van der Waals surface area contributed by atoms with Crippen LogP contribution in [0, 0.1) is 5.92 Å². The van der Waals surface area contributed by atoms with Gasteiger partial charge in [-0.2, -0.15) is 0 Å². The summed E-state index contributed by atoms with van der Waals surface area (Å²) in [5.41, 5.74) is 3.37. The van der Waals surface area contributed by atoms with Gasteiger partial charge in [0.15, 0.2) is 0 Å². The van der Waals surface area contributed by atoms with Gasteiger partial charge in [-0.1, -0.05) is 52.5 Å². The molecule has 1 aliphatic carbocycles. The number of hydrogen-bond acceptors (Lipinski definition) is 2. The quantitative estimate of drug-likeness (QED) is 0.576. The molecule has 0 saturated heterocycles. The second kappa shape index (κ2) is 9.86. The molecule has 1 fully saturated rings. The fourth-order valence-electron chi connectivity index (χ4n) is 3.66. The summed E-state index contributed by atoms with van der Waals surface area (Å²) in [6, 6.07) is 4.79. The first-order valence-electron chi connectivity index (χ1n) is 10.0. The zero-order valence-electron chi connectivity index (χ0n) is 15.9. The van der Waals surface area contributed by atoms with Crippen molar-refractivity contribution < 1.29 is 5.11 Å². The summed E-state index contributed by atoms with van der Waals surface area (Å²) in [6.45, 7) is 6.74. The fourth-order valence-corrected chi connectivity index (χ4v) is 3.66. The van der Waals surface area contributed by atoms with Crippen LogP contribution in [0.15, 0.2) is 17.1 Å². The first-order chi connectivity index (χ1) is 11.7. The molecule has 24 heavy (non-hydrogen) atoms. The van der Waals surface area contributed by atoms with Gasteiger partial charge in [0.1, 0.15) is 5.75 Å². The number of rotatable bonds is 8. The monoisotopic (exact) mass is 329 g/mol. The Bertz CT molecular complexity index is 535. The van der Waals surface area contributed by atoms with Gasteiger partial charge in [0.2, 0.25) is 0 Å². The molecule has 2 rings (SSSR count). The van der Waals surface area contributed by atoms with Crippen molar-refractivity contribution in [2.75, 3.05) is 0 Å². The van der Waals surface area contributed by atoms with E-state index in [0.29, 0.717) is 17.7 Å². The summed E-state index contributed by atoms with van der Waals surface area (Å²) >= 11 is 0. The van der Waals surface area contributed by atoms with Crippen LogP contribution in [0.2, 0.25) is 0 Å². The van der Waals surface area contributed by atoms with Crippen LogP contribution in [0.1, 0.15) is 88.8 Å². The molecule has 0 aliphatic heterocycles. The SMILES string of the molecule is CCCCc1cc(/C=N/C2CCCCC2C)c(O)c(CCCC)c1. The van der Waals surface area contributed by atoms with E-state index < -0.39 is 0 Å². The van der Waals surface area contributed by atoms with Crippen molar-refractivity contribution in [2.24, 2.45) is 10.9 Å². The maximum Gasteiger partial charge on any atom is 0.127 e. The summed E-state index contributed by atoms with van der Waals surface area (Å²) in [7, 11) is 0. The van der Waals surface area contributed by atoms with Crippen molar-refractivity contribution in [2.45, 2.75) is 91.0 Å². The van der Waals surface area contributed by atoms with E-state index in [1.807, 2.05) is 6.21 Å². The van der Waals surface area contributed by atoms with E-state index >= 15 is 0 Å². The Morgan fingerprint density at radius 3 is 2.50 bits per heavy atom. The summed E-state index contributed by atoms with van der Waals surface area (Å²) in [4.78, 5) is 4.85. The smallest absolute Gasteiger partial charge is 0.127 e. The Morgan fingerprint density at radius 1 is 1.08 bits per heavy atom. The second-order valence-electron chi connectivity index (χ2n) is 7.51. The number of hydrogen-bond donors (Lipinski definition) is 1. The third kappa shape index (κ3) is 5.36. The second-order valence-corrected chi connectivity index (χ2v) is 7.51. The molecule has 0 heterocycles. The van der Waals surface area contributed by atoms with Gasteiger partial charge in [-0.05, 0) is 61.6 Å². The topological polar surface area (TPSA) is 32.6 Å². The zero-order valence-corrected chi connectivity index (χ0v) is 15.9. The van der Waals surface area contributed by atoms with E-state index in [-0.39, 0.29) is 0 Å². The molecule has 2 atom stereocenters. The molecule has 1 aliphatic rings. The van der Waals surface area contributed by atoms with Crippen molar-refractivity contribution in [1.82, 2.24) is 0 Å². The number of nitrogens with zero attached hydrogens (tertiary/aromatic N) is 1. The molecule has 0 aromatic heterocycles. The number of unbranched alkanes of at least 4 members (excludes halogenated alkanes) is 2. The lowest BCUT2D eigenvalue weighted by Gasteiger charge is -2.25. The van der Waals surface area contributed by atoms with Crippen molar-refractivity contribution in [3.05, 3.63) is 28.8 Å². The van der Waals surface area contributed by atoms with E-state index in [0.717, 1.165) is 36.8 Å². The first-order valence-corrected chi connectivity index (χ1v) is 10.0. The molecule has 2 nitrogen and oxygen atoms in total. The minimum absolute atomic E-state index is 0.427.